The average Bonchev–Trinajstić information content (AvgIpc) is 3.12. The number of halogens is 4. The van der Waals surface area contributed by atoms with Gasteiger partial charge in [-0.15, -0.1) is 0 Å². The number of benzene rings is 1. The van der Waals surface area contributed by atoms with Crippen molar-refractivity contribution in [2.45, 2.75) is 19.5 Å². The van der Waals surface area contributed by atoms with Gasteiger partial charge in [0.15, 0.2) is 11.3 Å². The van der Waals surface area contributed by atoms with Gasteiger partial charge < -0.3 is 10.1 Å². The van der Waals surface area contributed by atoms with Gasteiger partial charge in [-0.2, -0.15) is 22.8 Å². The van der Waals surface area contributed by atoms with Crippen molar-refractivity contribution in [1.29, 1.82) is 0 Å². The maximum Gasteiger partial charge on any atom is 0.435 e. The van der Waals surface area contributed by atoms with Crippen molar-refractivity contribution in [3.63, 3.8) is 0 Å². The van der Waals surface area contributed by atoms with Gasteiger partial charge in [0, 0.05) is 31.4 Å². The average molecular weight is 437 g/mol. The van der Waals surface area contributed by atoms with E-state index in [2.05, 4.69) is 20.3 Å². The van der Waals surface area contributed by atoms with Crippen molar-refractivity contribution in [2.75, 3.05) is 44.7 Å². The molecule has 10 heteroatoms. The van der Waals surface area contributed by atoms with Crippen LogP contribution in [0, 0.1) is 12.7 Å². The highest BCUT2D eigenvalue weighted by atomic mass is 19.4. The van der Waals surface area contributed by atoms with Gasteiger partial charge in [-0.25, -0.2) is 9.37 Å². The fourth-order valence-corrected chi connectivity index (χ4v) is 3.69. The number of rotatable bonds is 6. The molecule has 0 atom stereocenters. The summed E-state index contributed by atoms with van der Waals surface area (Å²) < 4.78 is 61.2. The van der Waals surface area contributed by atoms with E-state index in [0.717, 1.165) is 51.4 Å². The number of ether oxygens (including phenoxy) is 1. The first-order valence-electron chi connectivity index (χ1n) is 10.1. The highest BCUT2D eigenvalue weighted by molar-refractivity contribution is 5.81. The Morgan fingerprint density at radius 2 is 1.84 bits per heavy atom. The molecule has 6 nitrogen and oxygen atoms in total. The molecule has 0 bridgehead atoms. The summed E-state index contributed by atoms with van der Waals surface area (Å²) in [5, 5.41) is 7.03. The Kier molecular flexibility index (Phi) is 6.10. The first-order valence-corrected chi connectivity index (χ1v) is 10.1. The Balaban J connectivity index is 1.64. The molecule has 0 unspecified atom stereocenters. The number of hydrogen-bond donors (Lipinski definition) is 1. The van der Waals surface area contributed by atoms with Crippen LogP contribution in [-0.2, 0) is 10.9 Å². The molecule has 0 amide bonds. The van der Waals surface area contributed by atoms with Crippen LogP contribution in [0.4, 0.5) is 23.4 Å². The van der Waals surface area contributed by atoms with Crippen LogP contribution >= 0.6 is 0 Å². The van der Waals surface area contributed by atoms with E-state index in [-0.39, 0.29) is 16.8 Å². The molecular formula is C21H23F4N5O. The molecule has 4 rings (SSSR count). The van der Waals surface area contributed by atoms with Gasteiger partial charge in [-0.1, -0.05) is 12.1 Å². The van der Waals surface area contributed by atoms with Gasteiger partial charge in [0.2, 0.25) is 0 Å². The third kappa shape index (κ3) is 4.80. The molecule has 1 aliphatic heterocycles. The van der Waals surface area contributed by atoms with Crippen molar-refractivity contribution in [3.05, 3.63) is 47.5 Å². The van der Waals surface area contributed by atoms with Crippen LogP contribution in [0.3, 0.4) is 0 Å². The Bertz CT molecular complexity index is 1040. The molecule has 0 saturated carbocycles. The minimum absolute atomic E-state index is 0.0783. The Labute approximate surface area is 176 Å². The number of anilines is 1. The summed E-state index contributed by atoms with van der Waals surface area (Å²) in [6, 6.07) is 6.53. The number of hydrogen-bond acceptors (Lipinski definition) is 5. The lowest BCUT2D eigenvalue weighted by atomic mass is 10.1. The quantitative estimate of drug-likeness (QED) is 0.467. The molecule has 0 radical (unpaired) electrons. The summed E-state index contributed by atoms with van der Waals surface area (Å²) in [6.45, 7) is 6.37. The second-order valence-corrected chi connectivity index (χ2v) is 7.48. The molecule has 3 aromatic rings. The van der Waals surface area contributed by atoms with Crippen molar-refractivity contribution in [1.82, 2.24) is 19.5 Å². The zero-order chi connectivity index (χ0) is 22.0. The van der Waals surface area contributed by atoms with Gasteiger partial charge >= 0.3 is 6.18 Å². The van der Waals surface area contributed by atoms with Crippen LogP contribution in [0.25, 0.3) is 16.8 Å². The van der Waals surface area contributed by atoms with Gasteiger partial charge in [-0.05, 0) is 37.6 Å². The molecule has 1 aliphatic rings. The molecule has 3 heterocycles. The standard InChI is InChI=1S/C21H23F4N5O/c1-14-13-17(26-7-2-8-29-9-11-31-12-10-29)30-20(27-14)18(19(28-30)21(23,24)25)15-3-5-16(22)6-4-15/h3-6,13,26H,2,7-12H2,1H3. The topological polar surface area (TPSA) is 54.7 Å². The van der Waals surface area contributed by atoms with Crippen LogP contribution in [0.1, 0.15) is 17.8 Å². The summed E-state index contributed by atoms with van der Waals surface area (Å²) in [5.41, 5.74) is -0.365. The maximum atomic E-state index is 13.8. The number of nitrogens with zero attached hydrogens (tertiary/aromatic N) is 4. The van der Waals surface area contributed by atoms with E-state index in [1.807, 2.05) is 0 Å². The Morgan fingerprint density at radius 1 is 1.13 bits per heavy atom. The van der Waals surface area contributed by atoms with Crippen LogP contribution in [0.2, 0.25) is 0 Å². The SMILES string of the molecule is Cc1cc(NCCCN2CCOCC2)n2nc(C(F)(F)F)c(-c3ccc(F)cc3)c2n1. The first-order chi connectivity index (χ1) is 14.8. The lowest BCUT2D eigenvalue weighted by Gasteiger charge is -2.26. The van der Waals surface area contributed by atoms with E-state index < -0.39 is 17.7 Å². The van der Waals surface area contributed by atoms with Gasteiger partial charge in [0.1, 0.15) is 11.6 Å². The maximum absolute atomic E-state index is 13.8. The van der Waals surface area contributed by atoms with Crippen molar-refractivity contribution < 1.29 is 22.3 Å². The summed E-state index contributed by atoms with van der Waals surface area (Å²) in [4.78, 5) is 6.61. The molecule has 2 aromatic heterocycles. The normalized spacial score (nSPS) is 15.5. The van der Waals surface area contributed by atoms with E-state index in [1.54, 1.807) is 13.0 Å². The molecule has 166 valence electrons. The van der Waals surface area contributed by atoms with E-state index >= 15 is 0 Å². The fraction of sp³-hybridized carbons (Fsp3) is 0.429. The number of aromatic nitrogens is 3. The first kappa shape index (κ1) is 21.5. The van der Waals surface area contributed by atoms with E-state index in [1.165, 1.54) is 16.6 Å². The van der Waals surface area contributed by atoms with Crippen molar-refractivity contribution >= 4 is 11.5 Å². The van der Waals surface area contributed by atoms with Gasteiger partial charge in [-0.3, -0.25) is 4.90 Å². The van der Waals surface area contributed by atoms with Crippen molar-refractivity contribution in [2.24, 2.45) is 0 Å². The summed E-state index contributed by atoms with van der Waals surface area (Å²) in [5.74, 6) is -0.0936. The number of morpholine rings is 1. The predicted octanol–water partition coefficient (Wildman–Crippen LogP) is 4.00. The highest BCUT2D eigenvalue weighted by Gasteiger charge is 2.39. The number of alkyl halides is 3. The molecule has 1 fully saturated rings. The second-order valence-electron chi connectivity index (χ2n) is 7.48. The van der Waals surface area contributed by atoms with Crippen LogP contribution in [0.5, 0.6) is 0 Å². The minimum atomic E-state index is -4.68. The molecule has 31 heavy (non-hydrogen) atoms. The number of aryl methyl sites for hydroxylation is 1. The third-order valence-electron chi connectivity index (χ3n) is 5.18. The Morgan fingerprint density at radius 3 is 2.52 bits per heavy atom. The largest absolute Gasteiger partial charge is 0.435 e. The molecule has 1 aromatic carbocycles. The molecule has 0 aliphatic carbocycles. The molecule has 1 saturated heterocycles. The smallest absolute Gasteiger partial charge is 0.379 e. The van der Waals surface area contributed by atoms with Gasteiger partial charge in [0.25, 0.3) is 0 Å². The lowest BCUT2D eigenvalue weighted by Crippen LogP contribution is -2.37. The third-order valence-corrected chi connectivity index (χ3v) is 5.18. The summed E-state index contributed by atoms with van der Waals surface area (Å²) in [6.07, 6.45) is -3.86. The number of nitrogens with one attached hydrogen (secondary N) is 1. The number of fused-ring (bicyclic) bond motifs is 1. The zero-order valence-electron chi connectivity index (χ0n) is 17.0. The molecule has 0 spiro atoms. The summed E-state index contributed by atoms with van der Waals surface area (Å²) in [7, 11) is 0. The lowest BCUT2D eigenvalue weighted by molar-refractivity contribution is -0.140. The van der Waals surface area contributed by atoms with Crippen molar-refractivity contribution in [3.8, 4) is 11.1 Å². The summed E-state index contributed by atoms with van der Waals surface area (Å²) >= 11 is 0. The van der Waals surface area contributed by atoms with Crippen LogP contribution in [-0.4, -0.2) is 58.9 Å². The van der Waals surface area contributed by atoms with E-state index in [9.17, 15) is 17.6 Å². The van der Waals surface area contributed by atoms with Gasteiger partial charge in [0.05, 0.1) is 18.8 Å². The monoisotopic (exact) mass is 437 g/mol. The second kappa shape index (κ2) is 8.80. The zero-order valence-corrected chi connectivity index (χ0v) is 17.0. The Hall–Kier alpha value is -2.72. The fourth-order valence-electron chi connectivity index (χ4n) is 3.69. The van der Waals surface area contributed by atoms with Crippen LogP contribution in [0.15, 0.2) is 30.3 Å². The van der Waals surface area contributed by atoms with Crippen LogP contribution < -0.4 is 5.32 Å². The molecular weight excluding hydrogens is 414 g/mol. The predicted molar refractivity (Wildman–Crippen MR) is 108 cm³/mol. The van der Waals surface area contributed by atoms with E-state index in [0.29, 0.717) is 18.1 Å². The van der Waals surface area contributed by atoms with E-state index in [4.69, 9.17) is 4.74 Å². The minimum Gasteiger partial charge on any atom is -0.379 e. The highest BCUT2D eigenvalue weighted by Crippen LogP contribution is 2.39. The molecule has 1 N–H and O–H groups in total.